The number of hydrogen-bond donors (Lipinski definition) is 1. The average Bonchev–Trinajstić information content (AvgIpc) is 3.07. The molecule has 0 bridgehead atoms. The molecule has 0 atom stereocenters. The molecule has 4 rings (SSSR count). The Bertz CT molecular complexity index is 1220. The van der Waals surface area contributed by atoms with E-state index in [1.165, 1.54) is 12.1 Å². The molecule has 1 amide bonds. The van der Waals surface area contributed by atoms with Crippen molar-refractivity contribution in [3.05, 3.63) is 59.9 Å². The van der Waals surface area contributed by atoms with E-state index >= 15 is 0 Å². The fraction of sp³-hybridized carbons (Fsp3) is 0.158. The van der Waals surface area contributed by atoms with Crippen LogP contribution in [0.4, 0.5) is 18.9 Å². The van der Waals surface area contributed by atoms with E-state index in [0.29, 0.717) is 22.1 Å². The molecule has 0 saturated heterocycles. The van der Waals surface area contributed by atoms with Crippen molar-refractivity contribution in [1.29, 1.82) is 0 Å². The highest BCUT2D eigenvalue weighted by Crippen LogP contribution is 2.31. The summed E-state index contributed by atoms with van der Waals surface area (Å²) in [6.45, 7) is 1.76. The Kier molecular flexibility index (Phi) is 4.87. The lowest BCUT2D eigenvalue weighted by atomic mass is 10.2. The van der Waals surface area contributed by atoms with Gasteiger partial charge in [-0.1, -0.05) is 30.0 Å². The van der Waals surface area contributed by atoms with Gasteiger partial charge in [0, 0.05) is 11.1 Å². The number of nitrogens with one attached hydrogen (secondary N) is 1. The SMILES string of the molecule is Cc1nc2c3ccccc3nc(SCC(=O)Nc3cccc(C(F)(F)F)c3)n2n1. The highest BCUT2D eigenvalue weighted by atomic mass is 32.2. The van der Waals surface area contributed by atoms with Gasteiger partial charge in [0.1, 0.15) is 5.82 Å². The van der Waals surface area contributed by atoms with Gasteiger partial charge >= 0.3 is 6.18 Å². The molecule has 0 radical (unpaired) electrons. The van der Waals surface area contributed by atoms with Gasteiger partial charge in [0.2, 0.25) is 5.91 Å². The number of thioether (sulfide) groups is 1. The molecule has 0 saturated carbocycles. The molecule has 0 aliphatic heterocycles. The lowest BCUT2D eigenvalue weighted by molar-refractivity contribution is -0.137. The molecule has 2 aromatic heterocycles. The minimum atomic E-state index is -4.47. The van der Waals surface area contributed by atoms with E-state index in [1.807, 2.05) is 24.3 Å². The number of aromatic nitrogens is 4. The zero-order chi connectivity index (χ0) is 20.6. The van der Waals surface area contributed by atoms with Crippen LogP contribution < -0.4 is 5.32 Å². The number of alkyl halides is 3. The summed E-state index contributed by atoms with van der Waals surface area (Å²) < 4.78 is 40.0. The number of amides is 1. The summed E-state index contributed by atoms with van der Waals surface area (Å²) in [5.41, 5.74) is 0.611. The largest absolute Gasteiger partial charge is 0.416 e. The molecule has 0 fully saturated rings. The fourth-order valence-electron chi connectivity index (χ4n) is 2.83. The van der Waals surface area contributed by atoms with Gasteiger partial charge in [-0.25, -0.2) is 9.97 Å². The topological polar surface area (TPSA) is 72.2 Å². The standard InChI is InChI=1S/C19H14F3N5OS/c1-11-23-17-14-7-2-3-8-15(14)25-18(27(17)26-11)29-10-16(28)24-13-6-4-5-12(9-13)19(20,21)22/h2-9H,10H2,1H3,(H,24,28). The van der Waals surface area contributed by atoms with Gasteiger partial charge in [-0.3, -0.25) is 4.79 Å². The van der Waals surface area contributed by atoms with Crippen LogP contribution in [0.2, 0.25) is 0 Å². The molecule has 0 aliphatic carbocycles. The molecule has 6 nitrogen and oxygen atoms in total. The van der Waals surface area contributed by atoms with Crippen LogP contribution in [0.1, 0.15) is 11.4 Å². The van der Waals surface area contributed by atoms with E-state index in [-0.39, 0.29) is 11.4 Å². The van der Waals surface area contributed by atoms with Gasteiger partial charge in [-0.05, 0) is 37.3 Å². The van der Waals surface area contributed by atoms with Crippen LogP contribution in [0.3, 0.4) is 0 Å². The summed E-state index contributed by atoms with van der Waals surface area (Å²) in [5.74, 6) is 0.0722. The molecule has 1 N–H and O–H groups in total. The lowest BCUT2D eigenvalue weighted by Gasteiger charge is -2.10. The molecule has 29 heavy (non-hydrogen) atoms. The normalized spacial score (nSPS) is 11.9. The van der Waals surface area contributed by atoms with Crippen molar-refractivity contribution in [1.82, 2.24) is 19.6 Å². The first-order chi connectivity index (χ1) is 13.8. The highest BCUT2D eigenvalue weighted by Gasteiger charge is 2.30. The highest BCUT2D eigenvalue weighted by molar-refractivity contribution is 7.99. The number of carbonyl (C=O) groups is 1. The molecule has 2 aromatic carbocycles. The number of aryl methyl sites for hydroxylation is 1. The summed E-state index contributed by atoms with van der Waals surface area (Å²) in [4.78, 5) is 21.2. The Morgan fingerprint density at radius 3 is 2.72 bits per heavy atom. The van der Waals surface area contributed by atoms with Gasteiger partial charge in [-0.2, -0.15) is 17.7 Å². The van der Waals surface area contributed by atoms with Crippen LogP contribution in [0.5, 0.6) is 0 Å². The van der Waals surface area contributed by atoms with Crippen LogP contribution in [0, 0.1) is 6.92 Å². The minimum absolute atomic E-state index is 0.0460. The second-order valence-electron chi connectivity index (χ2n) is 6.22. The number of carbonyl (C=O) groups excluding carboxylic acids is 1. The fourth-order valence-corrected chi connectivity index (χ4v) is 3.57. The molecule has 148 valence electrons. The maximum atomic E-state index is 12.8. The van der Waals surface area contributed by atoms with Crippen molar-refractivity contribution in [2.45, 2.75) is 18.3 Å². The van der Waals surface area contributed by atoms with Crippen molar-refractivity contribution in [3.63, 3.8) is 0 Å². The van der Waals surface area contributed by atoms with Crippen LogP contribution in [0.15, 0.2) is 53.7 Å². The first-order valence-corrected chi connectivity index (χ1v) is 9.52. The second kappa shape index (κ2) is 7.36. The van der Waals surface area contributed by atoms with Crippen molar-refractivity contribution >= 4 is 39.9 Å². The van der Waals surface area contributed by atoms with E-state index < -0.39 is 17.6 Å². The maximum Gasteiger partial charge on any atom is 0.416 e. The number of fused-ring (bicyclic) bond motifs is 3. The lowest BCUT2D eigenvalue weighted by Crippen LogP contribution is -2.15. The number of para-hydroxylation sites is 1. The Hall–Kier alpha value is -3.14. The van der Waals surface area contributed by atoms with Crippen LogP contribution in [-0.2, 0) is 11.0 Å². The first kappa shape index (κ1) is 19.2. The van der Waals surface area contributed by atoms with Crippen LogP contribution in [0.25, 0.3) is 16.6 Å². The van der Waals surface area contributed by atoms with Gasteiger partial charge in [0.05, 0.1) is 16.8 Å². The third-order valence-corrected chi connectivity index (χ3v) is 4.99. The molecule has 4 aromatic rings. The Morgan fingerprint density at radius 2 is 1.93 bits per heavy atom. The Morgan fingerprint density at radius 1 is 1.14 bits per heavy atom. The molecular formula is C19H14F3N5OS. The maximum absolute atomic E-state index is 12.8. The van der Waals surface area contributed by atoms with E-state index in [4.69, 9.17) is 0 Å². The molecule has 2 heterocycles. The number of benzene rings is 2. The molecular weight excluding hydrogens is 403 g/mol. The van der Waals surface area contributed by atoms with Gasteiger partial charge < -0.3 is 5.32 Å². The van der Waals surface area contributed by atoms with E-state index in [1.54, 1.807) is 11.4 Å². The third-order valence-electron chi connectivity index (χ3n) is 4.06. The number of halogens is 3. The predicted octanol–water partition coefficient (Wildman–Crippen LogP) is 4.34. The number of hydrogen-bond acceptors (Lipinski definition) is 5. The van der Waals surface area contributed by atoms with Crippen molar-refractivity contribution < 1.29 is 18.0 Å². The van der Waals surface area contributed by atoms with Crippen molar-refractivity contribution in [2.24, 2.45) is 0 Å². The number of anilines is 1. The molecule has 0 spiro atoms. The monoisotopic (exact) mass is 417 g/mol. The summed E-state index contributed by atoms with van der Waals surface area (Å²) >= 11 is 1.13. The number of rotatable bonds is 4. The van der Waals surface area contributed by atoms with E-state index in [9.17, 15) is 18.0 Å². The van der Waals surface area contributed by atoms with Crippen molar-refractivity contribution in [3.8, 4) is 0 Å². The van der Waals surface area contributed by atoms with Gasteiger partial charge in [-0.15, -0.1) is 5.10 Å². The predicted molar refractivity (Wildman–Crippen MR) is 104 cm³/mol. The van der Waals surface area contributed by atoms with Crippen molar-refractivity contribution in [2.75, 3.05) is 11.1 Å². The zero-order valence-electron chi connectivity index (χ0n) is 15.1. The van der Waals surface area contributed by atoms with E-state index in [0.717, 1.165) is 29.3 Å². The average molecular weight is 417 g/mol. The van der Waals surface area contributed by atoms with Crippen LogP contribution in [-0.4, -0.2) is 31.2 Å². The summed E-state index contributed by atoms with van der Waals surface area (Å²) in [6.07, 6.45) is -4.47. The Labute approximate surface area is 167 Å². The van der Waals surface area contributed by atoms with Crippen LogP contribution >= 0.6 is 11.8 Å². The third kappa shape index (κ3) is 4.02. The summed E-state index contributed by atoms with van der Waals surface area (Å²) in [5, 5.41) is 8.12. The van der Waals surface area contributed by atoms with Gasteiger partial charge in [0.15, 0.2) is 10.8 Å². The molecule has 10 heteroatoms. The zero-order valence-corrected chi connectivity index (χ0v) is 15.9. The summed E-state index contributed by atoms with van der Waals surface area (Å²) in [6, 6.07) is 12.0. The number of nitrogens with zero attached hydrogens (tertiary/aromatic N) is 4. The minimum Gasteiger partial charge on any atom is -0.325 e. The smallest absolute Gasteiger partial charge is 0.325 e. The quantitative estimate of drug-likeness (QED) is 0.395. The molecule has 0 aliphatic rings. The Balaban J connectivity index is 1.54. The van der Waals surface area contributed by atoms with Gasteiger partial charge in [0.25, 0.3) is 0 Å². The second-order valence-corrected chi connectivity index (χ2v) is 7.16. The van der Waals surface area contributed by atoms with E-state index in [2.05, 4.69) is 20.4 Å². The summed E-state index contributed by atoms with van der Waals surface area (Å²) in [7, 11) is 0. The molecule has 0 unspecified atom stereocenters. The first-order valence-electron chi connectivity index (χ1n) is 8.53.